The third-order valence-electron chi connectivity index (χ3n) is 1.92. The maximum Gasteiger partial charge on any atom is 0.407 e. The Morgan fingerprint density at radius 1 is 1.41 bits per heavy atom. The first-order valence-electron chi connectivity index (χ1n) is 5.37. The fourth-order valence-corrected chi connectivity index (χ4v) is 1.67. The Labute approximate surface area is 105 Å². The molecule has 0 aliphatic heterocycles. The van der Waals surface area contributed by atoms with Gasteiger partial charge in [-0.1, -0.05) is 37.3 Å². The number of rotatable bonds is 5. The van der Waals surface area contributed by atoms with Crippen LogP contribution in [0.4, 0.5) is 4.79 Å². The largest absolute Gasteiger partial charge is 0.445 e. The fraction of sp³-hybridized carbons (Fsp3) is 0.333. The van der Waals surface area contributed by atoms with Crippen LogP contribution in [0.5, 0.6) is 0 Å². The molecule has 0 saturated heterocycles. The Kier molecular flexibility index (Phi) is 6.17. The van der Waals surface area contributed by atoms with Gasteiger partial charge in [-0.25, -0.2) is 4.79 Å². The minimum absolute atomic E-state index is 0.228. The number of carbonyl (C=O) groups excluding carboxylic acids is 1. The molecule has 1 amide bonds. The molecule has 0 fully saturated rings. The second kappa shape index (κ2) is 7.73. The molecule has 0 saturated carbocycles. The van der Waals surface area contributed by atoms with Crippen molar-refractivity contribution in [3.63, 3.8) is 0 Å². The van der Waals surface area contributed by atoms with E-state index in [9.17, 15) is 4.79 Å². The molecule has 0 unspecified atom stereocenters. The third-order valence-corrected chi connectivity index (χ3v) is 2.71. The van der Waals surface area contributed by atoms with E-state index in [2.05, 4.69) is 5.32 Å². The lowest BCUT2D eigenvalue weighted by molar-refractivity contribution is 0.141. The standard InChI is InChI=1S/C12H16N2O2S/c1-2-17-11(13)8-14-12(15)16-9-10-6-4-3-5-7-10/h3-7,13H,2,8-9H2,1H3,(H,14,15). The lowest BCUT2D eigenvalue weighted by Crippen LogP contribution is -2.28. The third kappa shape index (κ3) is 5.97. The quantitative estimate of drug-likeness (QED) is 0.625. The van der Waals surface area contributed by atoms with Gasteiger partial charge in [0, 0.05) is 0 Å². The minimum Gasteiger partial charge on any atom is -0.445 e. The summed E-state index contributed by atoms with van der Waals surface area (Å²) >= 11 is 1.40. The van der Waals surface area contributed by atoms with Crippen molar-refractivity contribution < 1.29 is 9.53 Å². The van der Waals surface area contributed by atoms with E-state index < -0.39 is 6.09 Å². The molecule has 1 rings (SSSR count). The van der Waals surface area contributed by atoms with Crippen LogP contribution in [0.15, 0.2) is 30.3 Å². The number of hydrogen-bond acceptors (Lipinski definition) is 4. The van der Waals surface area contributed by atoms with Crippen LogP contribution < -0.4 is 5.32 Å². The van der Waals surface area contributed by atoms with Gasteiger partial charge in [-0.2, -0.15) is 0 Å². The van der Waals surface area contributed by atoms with Crippen molar-refractivity contribution in [2.75, 3.05) is 12.3 Å². The molecule has 2 N–H and O–H groups in total. The molecule has 0 spiro atoms. The molecule has 0 radical (unpaired) electrons. The number of hydrogen-bond donors (Lipinski definition) is 2. The summed E-state index contributed by atoms with van der Waals surface area (Å²) in [6.45, 7) is 2.44. The average molecular weight is 252 g/mol. The molecule has 0 aliphatic carbocycles. The maximum atomic E-state index is 11.3. The van der Waals surface area contributed by atoms with Crippen LogP contribution in [0, 0.1) is 5.41 Å². The molecule has 0 aliphatic rings. The smallest absolute Gasteiger partial charge is 0.407 e. The van der Waals surface area contributed by atoms with Crippen molar-refractivity contribution in [1.82, 2.24) is 5.32 Å². The molecule has 0 aromatic heterocycles. The lowest BCUT2D eigenvalue weighted by Gasteiger charge is -2.07. The molecule has 0 bridgehead atoms. The van der Waals surface area contributed by atoms with Gasteiger partial charge in [-0.15, -0.1) is 11.8 Å². The van der Waals surface area contributed by atoms with Crippen LogP contribution in [0.1, 0.15) is 12.5 Å². The highest BCUT2D eigenvalue weighted by molar-refractivity contribution is 8.13. The van der Waals surface area contributed by atoms with Crippen LogP contribution in [-0.4, -0.2) is 23.4 Å². The highest BCUT2D eigenvalue weighted by Gasteiger charge is 2.03. The lowest BCUT2D eigenvalue weighted by atomic mass is 10.2. The summed E-state index contributed by atoms with van der Waals surface area (Å²) in [5, 5.41) is 10.4. The zero-order valence-electron chi connectivity index (χ0n) is 9.73. The number of benzene rings is 1. The second-order valence-electron chi connectivity index (χ2n) is 3.27. The summed E-state index contributed by atoms with van der Waals surface area (Å²) in [6.07, 6.45) is -0.490. The first kappa shape index (κ1) is 13.6. The molecule has 5 heteroatoms. The van der Waals surface area contributed by atoms with Crippen molar-refractivity contribution in [3.05, 3.63) is 35.9 Å². The summed E-state index contributed by atoms with van der Waals surface area (Å²) in [6, 6.07) is 9.48. The molecule has 1 aromatic carbocycles. The van der Waals surface area contributed by atoms with E-state index in [-0.39, 0.29) is 13.2 Å². The van der Waals surface area contributed by atoms with Gasteiger partial charge in [-0.3, -0.25) is 5.41 Å². The number of amides is 1. The van der Waals surface area contributed by atoms with Gasteiger partial charge in [0.1, 0.15) is 6.61 Å². The maximum absolute atomic E-state index is 11.3. The number of alkyl carbamates (subject to hydrolysis) is 1. The zero-order valence-corrected chi connectivity index (χ0v) is 10.5. The highest BCUT2D eigenvalue weighted by Crippen LogP contribution is 2.01. The monoisotopic (exact) mass is 252 g/mol. The highest BCUT2D eigenvalue weighted by atomic mass is 32.2. The van der Waals surface area contributed by atoms with Crippen molar-refractivity contribution >= 4 is 22.9 Å². The minimum atomic E-state index is -0.490. The fourth-order valence-electron chi connectivity index (χ4n) is 1.15. The number of thioether (sulfide) groups is 1. The van der Waals surface area contributed by atoms with Crippen molar-refractivity contribution in [3.8, 4) is 0 Å². The first-order chi connectivity index (χ1) is 8.22. The van der Waals surface area contributed by atoms with Crippen LogP contribution in [0.2, 0.25) is 0 Å². The van der Waals surface area contributed by atoms with Crippen LogP contribution in [0.25, 0.3) is 0 Å². The number of carbonyl (C=O) groups is 1. The predicted molar refractivity (Wildman–Crippen MR) is 70.5 cm³/mol. The summed E-state index contributed by atoms with van der Waals surface area (Å²) in [7, 11) is 0. The van der Waals surface area contributed by atoms with E-state index in [1.807, 2.05) is 37.3 Å². The molecule has 92 valence electrons. The van der Waals surface area contributed by atoms with Gasteiger partial charge in [0.05, 0.1) is 11.6 Å². The number of ether oxygens (including phenoxy) is 1. The van der Waals surface area contributed by atoms with Gasteiger partial charge in [-0.05, 0) is 11.3 Å². The molecule has 4 nitrogen and oxygen atoms in total. The Bertz CT molecular complexity index is 368. The topological polar surface area (TPSA) is 62.2 Å². The zero-order chi connectivity index (χ0) is 12.5. The van der Waals surface area contributed by atoms with Crippen LogP contribution >= 0.6 is 11.8 Å². The summed E-state index contributed by atoms with van der Waals surface area (Å²) in [5.41, 5.74) is 0.945. The second-order valence-corrected chi connectivity index (χ2v) is 4.63. The van der Waals surface area contributed by atoms with E-state index in [4.69, 9.17) is 10.1 Å². The SMILES string of the molecule is CCSC(=N)CNC(=O)OCc1ccccc1. The Morgan fingerprint density at radius 3 is 2.76 bits per heavy atom. The van der Waals surface area contributed by atoms with Crippen molar-refractivity contribution in [1.29, 1.82) is 5.41 Å². The van der Waals surface area contributed by atoms with E-state index >= 15 is 0 Å². The molecule has 0 heterocycles. The summed E-state index contributed by atoms with van der Waals surface area (Å²) in [5.74, 6) is 0.833. The summed E-state index contributed by atoms with van der Waals surface area (Å²) in [4.78, 5) is 11.3. The average Bonchev–Trinajstić information content (AvgIpc) is 2.35. The van der Waals surface area contributed by atoms with E-state index in [1.165, 1.54) is 11.8 Å². The Hall–Kier alpha value is -1.49. The number of nitrogens with one attached hydrogen (secondary N) is 2. The van der Waals surface area contributed by atoms with Crippen LogP contribution in [0.3, 0.4) is 0 Å². The van der Waals surface area contributed by atoms with E-state index in [0.29, 0.717) is 5.04 Å². The van der Waals surface area contributed by atoms with Gasteiger partial charge in [0.15, 0.2) is 0 Å². The van der Waals surface area contributed by atoms with Gasteiger partial charge in [0.2, 0.25) is 0 Å². The Morgan fingerprint density at radius 2 is 2.12 bits per heavy atom. The molecular weight excluding hydrogens is 236 g/mol. The van der Waals surface area contributed by atoms with Crippen molar-refractivity contribution in [2.45, 2.75) is 13.5 Å². The first-order valence-corrected chi connectivity index (χ1v) is 6.35. The summed E-state index contributed by atoms with van der Waals surface area (Å²) < 4.78 is 5.00. The molecule has 17 heavy (non-hydrogen) atoms. The predicted octanol–water partition coefficient (Wildman–Crippen LogP) is 2.64. The normalized spacial score (nSPS) is 9.71. The van der Waals surface area contributed by atoms with Gasteiger partial charge >= 0.3 is 6.09 Å². The van der Waals surface area contributed by atoms with Gasteiger partial charge < -0.3 is 10.1 Å². The Balaban J connectivity index is 2.20. The van der Waals surface area contributed by atoms with E-state index in [0.717, 1.165) is 11.3 Å². The van der Waals surface area contributed by atoms with E-state index in [1.54, 1.807) is 0 Å². The van der Waals surface area contributed by atoms with Gasteiger partial charge in [0.25, 0.3) is 0 Å². The molecule has 1 aromatic rings. The van der Waals surface area contributed by atoms with Crippen LogP contribution in [-0.2, 0) is 11.3 Å². The molecule has 0 atom stereocenters. The van der Waals surface area contributed by atoms with Crippen molar-refractivity contribution in [2.24, 2.45) is 0 Å². The molecular formula is C12H16N2O2S.